The molecule has 1 fully saturated rings. The van der Waals surface area contributed by atoms with Gasteiger partial charge >= 0.3 is 5.97 Å². The monoisotopic (exact) mass is 269 g/mol. The maximum absolute atomic E-state index is 11.8. The summed E-state index contributed by atoms with van der Waals surface area (Å²) >= 11 is 0. The van der Waals surface area contributed by atoms with Gasteiger partial charge in [-0.25, -0.2) is 4.79 Å². The van der Waals surface area contributed by atoms with Gasteiger partial charge in [0, 0.05) is 6.42 Å². The second kappa shape index (κ2) is 8.18. The number of hydrogen-bond acceptors (Lipinski definition) is 2. The summed E-state index contributed by atoms with van der Waals surface area (Å²) in [6.45, 7) is 3.92. The molecule has 0 heterocycles. The maximum Gasteiger partial charge on any atom is 0.326 e. The Hall–Kier alpha value is -1.06. The first-order valence-corrected chi connectivity index (χ1v) is 7.51. The van der Waals surface area contributed by atoms with E-state index < -0.39 is 12.0 Å². The van der Waals surface area contributed by atoms with Crippen molar-refractivity contribution < 1.29 is 14.7 Å². The Morgan fingerprint density at radius 3 is 2.37 bits per heavy atom. The van der Waals surface area contributed by atoms with E-state index >= 15 is 0 Å². The molecule has 1 aliphatic rings. The van der Waals surface area contributed by atoms with Crippen LogP contribution in [0.5, 0.6) is 0 Å². The van der Waals surface area contributed by atoms with E-state index in [0.717, 1.165) is 6.42 Å². The van der Waals surface area contributed by atoms with Crippen molar-refractivity contribution in [2.45, 2.75) is 71.3 Å². The second-order valence-electron chi connectivity index (χ2n) is 6.13. The van der Waals surface area contributed by atoms with Gasteiger partial charge in [0.25, 0.3) is 0 Å². The molecule has 4 heteroatoms. The van der Waals surface area contributed by atoms with Crippen LogP contribution in [0.1, 0.15) is 65.2 Å². The van der Waals surface area contributed by atoms with Crippen molar-refractivity contribution in [1.29, 1.82) is 0 Å². The van der Waals surface area contributed by atoms with Crippen molar-refractivity contribution in [2.75, 3.05) is 0 Å². The molecule has 0 unspecified atom stereocenters. The highest BCUT2D eigenvalue weighted by molar-refractivity contribution is 5.83. The Balaban J connectivity index is 2.29. The highest BCUT2D eigenvalue weighted by atomic mass is 16.4. The molecule has 2 N–H and O–H groups in total. The summed E-state index contributed by atoms with van der Waals surface area (Å²) in [7, 11) is 0. The number of aliphatic carboxylic acids is 1. The third kappa shape index (κ3) is 6.60. The molecule has 1 saturated carbocycles. The minimum absolute atomic E-state index is 0.112. The minimum atomic E-state index is -0.931. The molecule has 1 rings (SSSR count). The highest BCUT2D eigenvalue weighted by Crippen LogP contribution is 2.27. The van der Waals surface area contributed by atoms with Crippen molar-refractivity contribution in [3.05, 3.63) is 0 Å². The molecule has 4 nitrogen and oxygen atoms in total. The minimum Gasteiger partial charge on any atom is -0.480 e. The third-order valence-electron chi connectivity index (χ3n) is 3.84. The van der Waals surface area contributed by atoms with Crippen LogP contribution in [0.2, 0.25) is 0 Å². The summed E-state index contributed by atoms with van der Waals surface area (Å²) < 4.78 is 0. The van der Waals surface area contributed by atoms with Crippen molar-refractivity contribution in [2.24, 2.45) is 11.8 Å². The Labute approximate surface area is 116 Å². The van der Waals surface area contributed by atoms with Crippen LogP contribution < -0.4 is 5.32 Å². The number of carboxylic acid groups (broad SMARTS) is 1. The van der Waals surface area contributed by atoms with Gasteiger partial charge in [-0.3, -0.25) is 4.79 Å². The normalized spacial score (nSPS) is 18.3. The van der Waals surface area contributed by atoms with Gasteiger partial charge in [0.05, 0.1) is 0 Å². The number of amides is 1. The van der Waals surface area contributed by atoms with Crippen LogP contribution in [0.25, 0.3) is 0 Å². The molecule has 0 aromatic rings. The van der Waals surface area contributed by atoms with Gasteiger partial charge in [0.2, 0.25) is 5.91 Å². The number of carbonyl (C=O) groups excluding carboxylic acids is 1. The van der Waals surface area contributed by atoms with E-state index in [2.05, 4.69) is 5.32 Å². The average Bonchev–Trinajstić information content (AvgIpc) is 2.36. The van der Waals surface area contributed by atoms with Crippen molar-refractivity contribution >= 4 is 11.9 Å². The first kappa shape index (κ1) is 16.0. The van der Waals surface area contributed by atoms with Crippen LogP contribution in [0.3, 0.4) is 0 Å². The van der Waals surface area contributed by atoms with Crippen LogP contribution in [-0.4, -0.2) is 23.0 Å². The maximum atomic E-state index is 11.8. The number of rotatable bonds is 7. The van der Waals surface area contributed by atoms with Gasteiger partial charge in [-0.15, -0.1) is 0 Å². The summed E-state index contributed by atoms with van der Waals surface area (Å²) in [5.41, 5.74) is 0. The molecule has 19 heavy (non-hydrogen) atoms. The predicted octanol–water partition coefficient (Wildman–Crippen LogP) is 2.96. The lowest BCUT2D eigenvalue weighted by Crippen LogP contribution is -2.41. The van der Waals surface area contributed by atoms with E-state index in [4.69, 9.17) is 5.11 Å². The fourth-order valence-electron chi connectivity index (χ4n) is 2.77. The number of hydrogen-bond donors (Lipinski definition) is 2. The van der Waals surface area contributed by atoms with Gasteiger partial charge < -0.3 is 10.4 Å². The summed E-state index contributed by atoms with van der Waals surface area (Å²) in [6.07, 6.45) is 8.17. The lowest BCUT2D eigenvalue weighted by Gasteiger charge is -2.22. The van der Waals surface area contributed by atoms with Crippen molar-refractivity contribution in [3.8, 4) is 0 Å². The molecule has 1 amide bonds. The summed E-state index contributed by atoms with van der Waals surface area (Å²) in [6, 6.07) is -0.737. The summed E-state index contributed by atoms with van der Waals surface area (Å²) in [4.78, 5) is 22.9. The van der Waals surface area contributed by atoms with E-state index in [-0.39, 0.29) is 11.8 Å². The molecule has 0 aromatic heterocycles. The second-order valence-corrected chi connectivity index (χ2v) is 6.13. The topological polar surface area (TPSA) is 66.4 Å². The van der Waals surface area contributed by atoms with E-state index in [1.807, 2.05) is 13.8 Å². The molecule has 0 spiro atoms. The lowest BCUT2D eigenvalue weighted by atomic mass is 9.86. The van der Waals surface area contributed by atoms with Crippen LogP contribution in [0.15, 0.2) is 0 Å². The SMILES string of the molecule is CC(C)C[C@@H](NC(=O)CCC1CCCCC1)C(=O)O. The highest BCUT2D eigenvalue weighted by Gasteiger charge is 2.21. The molecule has 0 radical (unpaired) electrons. The summed E-state index contributed by atoms with van der Waals surface area (Å²) in [5, 5.41) is 11.7. The van der Waals surface area contributed by atoms with Crippen molar-refractivity contribution in [3.63, 3.8) is 0 Å². The van der Waals surface area contributed by atoms with Crippen LogP contribution in [-0.2, 0) is 9.59 Å². The van der Waals surface area contributed by atoms with Gasteiger partial charge in [-0.05, 0) is 24.7 Å². The van der Waals surface area contributed by atoms with Gasteiger partial charge in [0.1, 0.15) is 6.04 Å². The third-order valence-corrected chi connectivity index (χ3v) is 3.84. The molecule has 110 valence electrons. The average molecular weight is 269 g/mol. The van der Waals surface area contributed by atoms with E-state index in [1.54, 1.807) is 0 Å². The van der Waals surface area contributed by atoms with Gasteiger partial charge in [-0.2, -0.15) is 0 Å². The zero-order valence-electron chi connectivity index (χ0n) is 12.2. The van der Waals surface area contributed by atoms with Crippen LogP contribution in [0, 0.1) is 11.8 Å². The Kier molecular flexibility index (Phi) is 6.89. The van der Waals surface area contributed by atoms with Crippen molar-refractivity contribution in [1.82, 2.24) is 5.32 Å². The molecule has 0 saturated heterocycles. The molecule has 1 atom stereocenters. The number of carbonyl (C=O) groups is 2. The Morgan fingerprint density at radius 2 is 1.84 bits per heavy atom. The van der Waals surface area contributed by atoms with Gasteiger partial charge in [0.15, 0.2) is 0 Å². The van der Waals surface area contributed by atoms with E-state index in [9.17, 15) is 9.59 Å². The Bertz CT molecular complexity index is 296. The molecule has 0 aromatic carbocycles. The lowest BCUT2D eigenvalue weighted by molar-refractivity contribution is -0.142. The Morgan fingerprint density at radius 1 is 1.21 bits per heavy atom. The number of carboxylic acids is 1. The first-order valence-electron chi connectivity index (χ1n) is 7.51. The molecule has 0 bridgehead atoms. The van der Waals surface area contributed by atoms with E-state index in [0.29, 0.717) is 18.8 Å². The standard InChI is InChI=1S/C15H27NO3/c1-11(2)10-13(15(18)19)16-14(17)9-8-12-6-4-3-5-7-12/h11-13H,3-10H2,1-2H3,(H,16,17)(H,18,19)/t13-/m1/s1. The van der Waals surface area contributed by atoms with Crippen LogP contribution >= 0.6 is 0 Å². The van der Waals surface area contributed by atoms with Crippen LogP contribution in [0.4, 0.5) is 0 Å². The number of nitrogens with one attached hydrogen (secondary N) is 1. The fraction of sp³-hybridized carbons (Fsp3) is 0.867. The fourth-order valence-corrected chi connectivity index (χ4v) is 2.77. The quantitative estimate of drug-likeness (QED) is 0.746. The molecular formula is C15H27NO3. The largest absolute Gasteiger partial charge is 0.480 e. The summed E-state index contributed by atoms with van der Waals surface area (Å²) in [5.74, 6) is -0.119. The van der Waals surface area contributed by atoms with Gasteiger partial charge in [-0.1, -0.05) is 46.0 Å². The zero-order chi connectivity index (χ0) is 14.3. The smallest absolute Gasteiger partial charge is 0.326 e. The molecule has 1 aliphatic carbocycles. The molecular weight excluding hydrogens is 242 g/mol. The zero-order valence-corrected chi connectivity index (χ0v) is 12.2. The predicted molar refractivity (Wildman–Crippen MR) is 74.8 cm³/mol. The van der Waals surface area contributed by atoms with E-state index in [1.165, 1.54) is 32.1 Å². The molecule has 0 aliphatic heterocycles. The first-order chi connectivity index (χ1) is 8.99.